The van der Waals surface area contributed by atoms with E-state index in [9.17, 15) is 4.79 Å². The van der Waals surface area contributed by atoms with Gasteiger partial charge in [-0.2, -0.15) is 0 Å². The Labute approximate surface area is 169 Å². The van der Waals surface area contributed by atoms with Crippen molar-refractivity contribution in [1.29, 1.82) is 0 Å². The van der Waals surface area contributed by atoms with Gasteiger partial charge in [-0.05, 0) is 24.3 Å². The number of fused-ring (bicyclic) bond motifs is 1. The third kappa shape index (κ3) is 3.41. The van der Waals surface area contributed by atoms with Gasteiger partial charge in [0.05, 0.1) is 10.0 Å². The molecular formula is C18H15BrCl2N4O. The number of amides is 1. The first-order chi connectivity index (χ1) is 12.5. The number of benzene rings is 1. The van der Waals surface area contributed by atoms with Crippen molar-refractivity contribution in [2.24, 2.45) is 0 Å². The summed E-state index contributed by atoms with van der Waals surface area (Å²) in [5, 5.41) is 2.06. The van der Waals surface area contributed by atoms with Gasteiger partial charge in [-0.1, -0.05) is 45.2 Å². The number of nitrogens with one attached hydrogen (secondary N) is 1. The topological polar surface area (TPSA) is 52.2 Å². The number of rotatable bonds is 2. The quantitative estimate of drug-likeness (QED) is 0.617. The molecule has 8 heteroatoms. The van der Waals surface area contributed by atoms with Crippen LogP contribution in [0.2, 0.25) is 10.0 Å². The van der Waals surface area contributed by atoms with E-state index in [1.807, 2.05) is 29.2 Å². The molecule has 1 N–H and O–H groups in total. The number of hydrogen-bond acceptors (Lipinski definition) is 3. The van der Waals surface area contributed by atoms with Crippen LogP contribution in [0, 0.1) is 0 Å². The largest absolute Gasteiger partial charge is 0.352 e. The summed E-state index contributed by atoms with van der Waals surface area (Å²) in [5.74, 6) is 0.714. The number of hydrogen-bond donors (Lipinski definition) is 1. The standard InChI is InChI=1S/C18H15BrCl2N4O/c19-12-2-1-11-7-16(23-15(11)8-12)18(26)25-5-3-24(4-6-25)17-14(21)9-13(20)10-22-17/h1-2,7-10,23H,3-6H2. The van der Waals surface area contributed by atoms with E-state index in [2.05, 4.69) is 30.8 Å². The van der Waals surface area contributed by atoms with E-state index >= 15 is 0 Å². The summed E-state index contributed by atoms with van der Waals surface area (Å²) < 4.78 is 0.979. The van der Waals surface area contributed by atoms with Gasteiger partial charge in [-0.25, -0.2) is 4.98 Å². The molecule has 0 saturated carbocycles. The molecule has 1 aliphatic heterocycles. The van der Waals surface area contributed by atoms with Gasteiger partial charge >= 0.3 is 0 Å². The molecule has 0 bridgehead atoms. The van der Waals surface area contributed by atoms with E-state index in [4.69, 9.17) is 23.2 Å². The van der Waals surface area contributed by atoms with Gasteiger partial charge in [0.25, 0.3) is 5.91 Å². The molecule has 0 aliphatic carbocycles. The molecule has 0 unspecified atom stereocenters. The second kappa shape index (κ2) is 7.10. The highest BCUT2D eigenvalue weighted by Gasteiger charge is 2.25. The Morgan fingerprint density at radius 1 is 1.12 bits per heavy atom. The van der Waals surface area contributed by atoms with E-state index in [0.29, 0.717) is 47.7 Å². The number of aromatic nitrogens is 2. The van der Waals surface area contributed by atoms with Crippen LogP contribution in [-0.4, -0.2) is 47.0 Å². The first kappa shape index (κ1) is 17.6. The van der Waals surface area contributed by atoms with Crippen LogP contribution in [0.3, 0.4) is 0 Å². The lowest BCUT2D eigenvalue weighted by Crippen LogP contribution is -2.49. The zero-order valence-electron chi connectivity index (χ0n) is 13.7. The Balaban J connectivity index is 1.47. The number of aromatic amines is 1. The molecule has 3 heterocycles. The fourth-order valence-corrected chi connectivity index (χ4v) is 4.01. The average molecular weight is 454 g/mol. The fourth-order valence-electron chi connectivity index (χ4n) is 3.15. The second-order valence-electron chi connectivity index (χ2n) is 6.15. The van der Waals surface area contributed by atoms with Crippen LogP contribution in [0.1, 0.15) is 10.5 Å². The van der Waals surface area contributed by atoms with Crippen molar-refractivity contribution >= 4 is 61.8 Å². The van der Waals surface area contributed by atoms with Crippen molar-refractivity contribution < 1.29 is 4.79 Å². The Bertz CT molecular complexity index is 982. The van der Waals surface area contributed by atoms with Gasteiger partial charge < -0.3 is 14.8 Å². The van der Waals surface area contributed by atoms with Gasteiger partial charge in [0, 0.05) is 47.8 Å². The molecule has 2 aromatic heterocycles. The maximum Gasteiger partial charge on any atom is 0.270 e. The summed E-state index contributed by atoms with van der Waals surface area (Å²) in [5.41, 5.74) is 1.55. The highest BCUT2D eigenvalue weighted by molar-refractivity contribution is 9.10. The van der Waals surface area contributed by atoms with Crippen LogP contribution in [0.4, 0.5) is 5.82 Å². The Morgan fingerprint density at radius 3 is 2.62 bits per heavy atom. The minimum absolute atomic E-state index is 0.00661. The van der Waals surface area contributed by atoms with Crippen LogP contribution in [0.5, 0.6) is 0 Å². The number of pyridine rings is 1. The van der Waals surface area contributed by atoms with Crippen LogP contribution in [0.15, 0.2) is 41.0 Å². The molecule has 26 heavy (non-hydrogen) atoms. The summed E-state index contributed by atoms with van der Waals surface area (Å²) >= 11 is 15.6. The molecule has 3 aromatic rings. The van der Waals surface area contributed by atoms with Crippen molar-refractivity contribution in [2.75, 3.05) is 31.1 Å². The number of carbonyl (C=O) groups excluding carboxylic acids is 1. The van der Waals surface area contributed by atoms with E-state index in [-0.39, 0.29) is 5.91 Å². The van der Waals surface area contributed by atoms with Gasteiger partial charge in [0.2, 0.25) is 0 Å². The van der Waals surface area contributed by atoms with E-state index < -0.39 is 0 Å². The van der Waals surface area contributed by atoms with Crippen molar-refractivity contribution in [3.05, 3.63) is 56.7 Å². The zero-order valence-corrected chi connectivity index (χ0v) is 16.8. The Hall–Kier alpha value is -1.76. The van der Waals surface area contributed by atoms with Gasteiger partial charge in [0.1, 0.15) is 11.5 Å². The van der Waals surface area contributed by atoms with Crippen LogP contribution in [0.25, 0.3) is 10.9 Å². The van der Waals surface area contributed by atoms with Crippen molar-refractivity contribution in [2.45, 2.75) is 0 Å². The minimum atomic E-state index is 0.00661. The van der Waals surface area contributed by atoms with E-state index in [0.717, 1.165) is 15.4 Å². The summed E-state index contributed by atoms with van der Waals surface area (Å²) in [6, 6.07) is 9.50. The molecule has 1 aromatic carbocycles. The summed E-state index contributed by atoms with van der Waals surface area (Å²) in [7, 11) is 0. The second-order valence-corrected chi connectivity index (χ2v) is 7.91. The van der Waals surface area contributed by atoms with Crippen LogP contribution in [-0.2, 0) is 0 Å². The molecule has 0 spiro atoms. The van der Waals surface area contributed by atoms with Gasteiger partial charge in [-0.15, -0.1) is 0 Å². The predicted octanol–water partition coefficient (Wildman–Crippen LogP) is 4.59. The molecule has 0 atom stereocenters. The molecule has 1 saturated heterocycles. The molecular weight excluding hydrogens is 439 g/mol. The monoisotopic (exact) mass is 452 g/mol. The third-order valence-electron chi connectivity index (χ3n) is 4.47. The first-order valence-electron chi connectivity index (χ1n) is 8.15. The maximum atomic E-state index is 12.8. The third-order valence-corrected chi connectivity index (χ3v) is 5.45. The van der Waals surface area contributed by atoms with Crippen molar-refractivity contribution in [3.8, 4) is 0 Å². The number of carbonyl (C=O) groups is 1. The number of halogens is 3. The number of H-pyrrole nitrogens is 1. The molecule has 134 valence electrons. The van der Waals surface area contributed by atoms with Gasteiger partial charge in [-0.3, -0.25) is 4.79 Å². The first-order valence-corrected chi connectivity index (χ1v) is 9.70. The van der Waals surface area contributed by atoms with E-state index in [1.54, 1.807) is 12.3 Å². The lowest BCUT2D eigenvalue weighted by Gasteiger charge is -2.35. The normalized spacial score (nSPS) is 14.9. The summed E-state index contributed by atoms with van der Waals surface area (Å²) in [6.07, 6.45) is 1.59. The summed E-state index contributed by atoms with van der Waals surface area (Å²) in [6.45, 7) is 2.56. The van der Waals surface area contributed by atoms with Gasteiger partial charge in [0.15, 0.2) is 0 Å². The lowest BCUT2D eigenvalue weighted by atomic mass is 10.2. The molecule has 1 aliphatic rings. The average Bonchev–Trinajstić information content (AvgIpc) is 3.04. The molecule has 4 rings (SSSR count). The van der Waals surface area contributed by atoms with Crippen LogP contribution >= 0.6 is 39.1 Å². The van der Waals surface area contributed by atoms with E-state index in [1.165, 1.54) is 0 Å². The molecule has 0 radical (unpaired) electrons. The zero-order chi connectivity index (χ0) is 18.3. The van der Waals surface area contributed by atoms with Crippen molar-refractivity contribution in [3.63, 3.8) is 0 Å². The van der Waals surface area contributed by atoms with Crippen LogP contribution < -0.4 is 4.90 Å². The SMILES string of the molecule is O=C(c1cc2ccc(Br)cc2[nH]1)N1CCN(c2ncc(Cl)cc2Cl)CC1. The summed E-state index contributed by atoms with van der Waals surface area (Å²) in [4.78, 5) is 24.3. The predicted molar refractivity (Wildman–Crippen MR) is 108 cm³/mol. The lowest BCUT2D eigenvalue weighted by molar-refractivity contribution is 0.0741. The maximum absolute atomic E-state index is 12.8. The molecule has 1 amide bonds. The number of nitrogens with zero attached hydrogens (tertiary/aromatic N) is 3. The molecule has 5 nitrogen and oxygen atoms in total. The molecule has 1 fully saturated rings. The highest BCUT2D eigenvalue weighted by atomic mass is 79.9. The number of anilines is 1. The fraction of sp³-hybridized carbons (Fsp3) is 0.222. The van der Waals surface area contributed by atoms with Crippen molar-refractivity contribution in [1.82, 2.24) is 14.9 Å². The highest BCUT2D eigenvalue weighted by Crippen LogP contribution is 2.27. The Morgan fingerprint density at radius 2 is 1.88 bits per heavy atom. The number of piperazine rings is 1. The smallest absolute Gasteiger partial charge is 0.270 e. The minimum Gasteiger partial charge on any atom is -0.352 e. The Kier molecular flexibility index (Phi) is 4.82.